The molecule has 2 aliphatic carbocycles. The van der Waals surface area contributed by atoms with Gasteiger partial charge in [0, 0.05) is 41.8 Å². The van der Waals surface area contributed by atoms with Crippen LogP contribution in [0.25, 0.3) is 10.9 Å². The number of halogens is 1. The third-order valence-corrected chi connectivity index (χ3v) is 4.86. The molecule has 10 radical (unpaired) electrons. The van der Waals surface area contributed by atoms with E-state index in [1.54, 1.807) is 6.20 Å². The molecular formula is C25H26ClFeN3O+2. The third-order valence-electron chi connectivity index (χ3n) is 4.62. The number of anilines is 1. The van der Waals surface area contributed by atoms with Crippen molar-refractivity contribution in [3.63, 3.8) is 0 Å². The van der Waals surface area contributed by atoms with Crippen molar-refractivity contribution in [1.29, 1.82) is 0 Å². The molecule has 2 saturated carbocycles. The minimum atomic E-state index is 0. The van der Waals surface area contributed by atoms with Crippen LogP contribution in [0, 0.1) is 63.7 Å². The summed E-state index contributed by atoms with van der Waals surface area (Å²) in [6.45, 7) is 1.25. The zero-order valence-electron chi connectivity index (χ0n) is 17.2. The third kappa shape index (κ3) is 9.39. The van der Waals surface area contributed by atoms with Crippen LogP contribution in [0.15, 0.2) is 30.5 Å². The Morgan fingerprint density at radius 2 is 1.65 bits per heavy atom. The summed E-state index contributed by atoms with van der Waals surface area (Å²) in [5.41, 5.74) is 1.85. The Kier molecular flexibility index (Phi) is 12.3. The SMILES string of the molecule is O=C(CCC[C]1[CH][CH][CH][CH]1)NCCNc1ccnc2cc(Cl)ccc12.[CH]1[CH][CH][CH][CH]1.[Fe+2]. The Labute approximate surface area is 202 Å². The molecule has 6 heteroatoms. The van der Waals surface area contributed by atoms with E-state index in [2.05, 4.69) is 28.5 Å². The van der Waals surface area contributed by atoms with Crippen LogP contribution in [-0.2, 0) is 21.9 Å². The van der Waals surface area contributed by atoms with Crippen LogP contribution in [0.4, 0.5) is 5.69 Å². The average Bonchev–Trinajstić information content (AvgIpc) is 3.48. The summed E-state index contributed by atoms with van der Waals surface area (Å²) in [7, 11) is 0. The van der Waals surface area contributed by atoms with Crippen LogP contribution in [0.3, 0.4) is 0 Å². The summed E-state index contributed by atoms with van der Waals surface area (Å²) in [5.74, 6) is 1.39. The molecule has 4 rings (SSSR count). The molecule has 2 aromatic rings. The van der Waals surface area contributed by atoms with Gasteiger partial charge in [-0.3, -0.25) is 9.78 Å². The number of rotatable bonds is 8. The van der Waals surface area contributed by atoms with Gasteiger partial charge in [0.15, 0.2) is 0 Å². The first-order chi connectivity index (χ1) is 14.7. The standard InChI is InChI=1S/C20H21ClN3O.C5H5.Fe/c21-16-8-9-17-18(10-11-22-19(17)14-16)23-12-13-24-20(25)7-3-6-15-4-1-2-5-15;1-2-4-5-3-1;/h1-2,4-5,8-11,14H,3,6-7,12-13H2,(H,22,23)(H,24,25);1-5H;/q;;+2. The first-order valence-electron chi connectivity index (χ1n) is 10.1. The number of carbonyl (C=O) groups is 1. The molecule has 2 aliphatic rings. The van der Waals surface area contributed by atoms with E-state index in [0.29, 0.717) is 24.5 Å². The van der Waals surface area contributed by atoms with E-state index in [1.165, 1.54) is 5.92 Å². The van der Waals surface area contributed by atoms with Gasteiger partial charge in [0.25, 0.3) is 0 Å². The van der Waals surface area contributed by atoms with Gasteiger partial charge in [-0.25, -0.2) is 0 Å². The molecule has 160 valence electrons. The Bertz CT molecular complexity index is 784. The summed E-state index contributed by atoms with van der Waals surface area (Å²) in [4.78, 5) is 16.2. The predicted octanol–water partition coefficient (Wildman–Crippen LogP) is 5.01. The van der Waals surface area contributed by atoms with Gasteiger partial charge < -0.3 is 10.6 Å². The van der Waals surface area contributed by atoms with Crippen LogP contribution >= 0.6 is 11.6 Å². The maximum Gasteiger partial charge on any atom is 2.00 e. The quantitative estimate of drug-likeness (QED) is 0.417. The number of nitrogens with one attached hydrogen (secondary N) is 2. The van der Waals surface area contributed by atoms with Gasteiger partial charge >= 0.3 is 17.1 Å². The number of carbonyl (C=O) groups excluding carboxylic acids is 1. The number of nitrogens with zero attached hydrogens (tertiary/aromatic N) is 1. The summed E-state index contributed by atoms with van der Waals surface area (Å²) < 4.78 is 0. The van der Waals surface area contributed by atoms with Crippen molar-refractivity contribution in [2.75, 3.05) is 18.4 Å². The maximum absolute atomic E-state index is 11.9. The summed E-state index contributed by atoms with van der Waals surface area (Å²) in [5, 5.41) is 7.99. The van der Waals surface area contributed by atoms with Crippen LogP contribution in [0.1, 0.15) is 19.3 Å². The molecule has 0 spiro atoms. The summed E-state index contributed by atoms with van der Waals surface area (Å²) in [6.07, 6.45) is 22.4. The minimum Gasteiger partial charge on any atom is -0.383 e. The Morgan fingerprint density at radius 1 is 0.935 bits per heavy atom. The maximum atomic E-state index is 11.9. The van der Waals surface area contributed by atoms with E-state index < -0.39 is 0 Å². The molecule has 0 aliphatic heterocycles. The molecule has 2 N–H and O–H groups in total. The number of pyridine rings is 1. The van der Waals surface area contributed by atoms with Gasteiger partial charge in [0.1, 0.15) is 0 Å². The number of hydrogen-bond acceptors (Lipinski definition) is 3. The largest absolute Gasteiger partial charge is 2.00 e. The van der Waals surface area contributed by atoms with Gasteiger partial charge in [0.2, 0.25) is 5.91 Å². The first-order valence-corrected chi connectivity index (χ1v) is 10.5. The van der Waals surface area contributed by atoms with Crippen molar-refractivity contribution >= 4 is 34.1 Å². The summed E-state index contributed by atoms with van der Waals surface area (Å²) >= 11 is 6.00. The molecule has 0 unspecified atom stereocenters. The number of benzene rings is 1. The Hall–Kier alpha value is -1.29. The molecule has 1 heterocycles. The van der Waals surface area contributed by atoms with E-state index in [4.69, 9.17) is 11.6 Å². The van der Waals surface area contributed by atoms with Crippen molar-refractivity contribution in [2.45, 2.75) is 19.3 Å². The van der Waals surface area contributed by atoms with Crippen molar-refractivity contribution in [2.24, 2.45) is 0 Å². The Balaban J connectivity index is 0.000000501. The molecule has 31 heavy (non-hydrogen) atoms. The van der Waals surface area contributed by atoms with Gasteiger partial charge in [-0.05, 0) is 101 Å². The van der Waals surface area contributed by atoms with Gasteiger partial charge in [-0.2, -0.15) is 0 Å². The van der Waals surface area contributed by atoms with Crippen LogP contribution in [0.5, 0.6) is 0 Å². The number of amides is 1. The van der Waals surface area contributed by atoms with Crippen molar-refractivity contribution in [3.05, 3.63) is 99.2 Å². The molecule has 4 nitrogen and oxygen atoms in total. The van der Waals surface area contributed by atoms with E-state index in [1.807, 2.05) is 69.2 Å². The van der Waals surface area contributed by atoms with Crippen molar-refractivity contribution in [3.8, 4) is 0 Å². The molecular weight excluding hydrogens is 450 g/mol. The van der Waals surface area contributed by atoms with Crippen molar-refractivity contribution < 1.29 is 21.9 Å². The molecule has 0 bridgehead atoms. The fraction of sp³-hybridized carbons (Fsp3) is 0.200. The molecule has 1 amide bonds. The van der Waals surface area contributed by atoms with Gasteiger partial charge in [0.05, 0.1) is 5.52 Å². The van der Waals surface area contributed by atoms with Crippen LogP contribution in [-0.4, -0.2) is 24.0 Å². The molecule has 0 saturated heterocycles. The zero-order valence-corrected chi connectivity index (χ0v) is 19.1. The molecule has 1 aromatic carbocycles. The van der Waals surface area contributed by atoms with Crippen LogP contribution < -0.4 is 10.6 Å². The van der Waals surface area contributed by atoms with E-state index >= 15 is 0 Å². The number of aromatic nitrogens is 1. The predicted molar refractivity (Wildman–Crippen MR) is 124 cm³/mol. The zero-order chi connectivity index (χ0) is 21.0. The topological polar surface area (TPSA) is 54.0 Å². The minimum absolute atomic E-state index is 0. The number of fused-ring (bicyclic) bond motifs is 1. The first kappa shape index (κ1) is 26.0. The molecule has 1 aromatic heterocycles. The monoisotopic (exact) mass is 475 g/mol. The fourth-order valence-corrected chi connectivity index (χ4v) is 3.28. The normalized spacial score (nSPS) is 15.8. The molecule has 2 fully saturated rings. The van der Waals surface area contributed by atoms with E-state index in [-0.39, 0.29) is 23.0 Å². The average molecular weight is 476 g/mol. The van der Waals surface area contributed by atoms with Gasteiger partial charge in [-0.15, -0.1) is 0 Å². The summed E-state index contributed by atoms with van der Waals surface area (Å²) in [6, 6.07) is 7.58. The van der Waals surface area contributed by atoms with E-state index in [0.717, 1.165) is 29.4 Å². The van der Waals surface area contributed by atoms with Crippen molar-refractivity contribution in [1.82, 2.24) is 10.3 Å². The second-order valence-electron chi connectivity index (χ2n) is 6.91. The van der Waals surface area contributed by atoms with E-state index in [9.17, 15) is 4.79 Å². The second kappa shape index (κ2) is 14.7. The molecule has 0 atom stereocenters. The fourth-order valence-electron chi connectivity index (χ4n) is 3.12. The Morgan fingerprint density at radius 3 is 2.35 bits per heavy atom. The smallest absolute Gasteiger partial charge is 0.383 e. The van der Waals surface area contributed by atoms with Crippen LogP contribution in [0.2, 0.25) is 5.02 Å². The number of hydrogen-bond donors (Lipinski definition) is 2. The second-order valence-corrected chi connectivity index (χ2v) is 7.34. The van der Waals surface area contributed by atoms with Gasteiger partial charge in [-0.1, -0.05) is 11.6 Å².